The van der Waals surface area contributed by atoms with Crippen LogP contribution in [0.2, 0.25) is 0 Å². The quantitative estimate of drug-likeness (QED) is 0.886. The van der Waals surface area contributed by atoms with Gasteiger partial charge in [0.15, 0.2) is 0 Å². The van der Waals surface area contributed by atoms with Gasteiger partial charge < -0.3 is 14.6 Å². The van der Waals surface area contributed by atoms with Crippen molar-refractivity contribution in [1.82, 2.24) is 14.9 Å². The van der Waals surface area contributed by atoms with Crippen LogP contribution in [0.25, 0.3) is 0 Å². The van der Waals surface area contributed by atoms with E-state index in [0.717, 1.165) is 30.8 Å². The van der Waals surface area contributed by atoms with Gasteiger partial charge in [0, 0.05) is 12.6 Å². The van der Waals surface area contributed by atoms with Gasteiger partial charge in [0.25, 0.3) is 0 Å². The molecular weight excluding hydrogens is 262 g/mol. The number of fused-ring (bicyclic) bond motifs is 1. The Morgan fingerprint density at radius 3 is 3.14 bits per heavy atom. The van der Waals surface area contributed by atoms with Gasteiger partial charge in [0.2, 0.25) is 0 Å². The van der Waals surface area contributed by atoms with Gasteiger partial charge in [-0.1, -0.05) is 13.0 Å². The minimum Gasteiger partial charge on any atom is -0.487 e. The molecule has 0 fully saturated rings. The maximum Gasteiger partial charge on any atom is 0.130 e. The first-order chi connectivity index (χ1) is 10.3. The van der Waals surface area contributed by atoms with E-state index in [2.05, 4.69) is 40.0 Å². The second-order valence-electron chi connectivity index (χ2n) is 5.61. The van der Waals surface area contributed by atoms with Crippen molar-refractivity contribution in [1.29, 1.82) is 0 Å². The van der Waals surface area contributed by atoms with Crippen molar-refractivity contribution < 1.29 is 4.74 Å². The Morgan fingerprint density at radius 2 is 2.33 bits per heavy atom. The molecule has 112 valence electrons. The molecular formula is C17H23N3O. The summed E-state index contributed by atoms with van der Waals surface area (Å²) in [5.41, 5.74) is 3.96. The molecule has 0 saturated carbocycles. The number of aromatic nitrogens is 2. The van der Waals surface area contributed by atoms with Crippen molar-refractivity contribution in [2.24, 2.45) is 0 Å². The maximum atomic E-state index is 5.95. The molecule has 1 atom stereocenters. The van der Waals surface area contributed by atoms with E-state index in [0.29, 0.717) is 12.6 Å². The van der Waals surface area contributed by atoms with Crippen LogP contribution in [0.1, 0.15) is 42.6 Å². The molecule has 1 aromatic carbocycles. The predicted molar refractivity (Wildman–Crippen MR) is 83.4 cm³/mol. The third kappa shape index (κ3) is 2.95. The van der Waals surface area contributed by atoms with Crippen LogP contribution >= 0.6 is 0 Å². The van der Waals surface area contributed by atoms with Gasteiger partial charge in [-0.2, -0.15) is 0 Å². The third-order valence-corrected chi connectivity index (χ3v) is 4.19. The average Bonchev–Trinajstić information content (AvgIpc) is 3.11. The van der Waals surface area contributed by atoms with Gasteiger partial charge in [0.1, 0.15) is 12.4 Å². The monoisotopic (exact) mass is 285 g/mol. The van der Waals surface area contributed by atoms with Crippen LogP contribution in [0.15, 0.2) is 30.7 Å². The first-order valence-electron chi connectivity index (χ1n) is 7.73. The molecule has 0 spiro atoms. The molecule has 1 heterocycles. The zero-order valence-corrected chi connectivity index (χ0v) is 12.8. The fourth-order valence-electron chi connectivity index (χ4n) is 3.05. The Balaban J connectivity index is 1.67. The third-order valence-electron chi connectivity index (χ3n) is 4.19. The second kappa shape index (κ2) is 6.31. The van der Waals surface area contributed by atoms with Crippen molar-refractivity contribution in [2.45, 2.75) is 45.4 Å². The van der Waals surface area contributed by atoms with Crippen LogP contribution in [0.4, 0.5) is 0 Å². The first kappa shape index (κ1) is 14.1. The van der Waals surface area contributed by atoms with E-state index in [1.54, 1.807) is 0 Å². The molecule has 3 rings (SSSR count). The number of benzene rings is 1. The molecule has 1 N–H and O–H groups in total. The van der Waals surface area contributed by atoms with Crippen molar-refractivity contribution in [3.63, 3.8) is 0 Å². The van der Waals surface area contributed by atoms with Gasteiger partial charge in [-0.3, -0.25) is 0 Å². The van der Waals surface area contributed by atoms with Crippen molar-refractivity contribution >= 4 is 0 Å². The highest BCUT2D eigenvalue weighted by Gasteiger charge is 2.21. The summed E-state index contributed by atoms with van der Waals surface area (Å²) in [7, 11) is 2.03. The van der Waals surface area contributed by atoms with Crippen LogP contribution in [0.3, 0.4) is 0 Å². The Morgan fingerprint density at radius 1 is 1.43 bits per heavy atom. The number of nitrogens with one attached hydrogen (secondary N) is 1. The highest BCUT2D eigenvalue weighted by atomic mass is 16.5. The number of nitrogens with zero attached hydrogens (tertiary/aromatic N) is 2. The SMILES string of the molecule is CCCn1cncc1COc1ccc2c(c1)CCC2NC. The number of hydrogen-bond donors (Lipinski definition) is 1. The standard InChI is InChI=1S/C17H23N3O/c1-3-8-20-12-19-10-14(20)11-21-15-5-6-16-13(9-15)4-7-17(16)18-2/h5-6,9-10,12,17-18H,3-4,7-8,11H2,1-2H3. The van der Waals surface area contributed by atoms with Gasteiger partial charge in [-0.05, 0) is 49.6 Å². The number of rotatable bonds is 6. The molecule has 0 radical (unpaired) electrons. The number of imidazole rings is 1. The molecule has 0 aliphatic heterocycles. The zero-order valence-electron chi connectivity index (χ0n) is 12.8. The van der Waals surface area contributed by atoms with E-state index in [1.807, 2.05) is 19.6 Å². The minimum atomic E-state index is 0.500. The summed E-state index contributed by atoms with van der Waals surface area (Å²) in [4.78, 5) is 4.21. The lowest BCUT2D eigenvalue weighted by Gasteiger charge is -2.12. The molecule has 4 heteroatoms. The molecule has 1 aliphatic rings. The molecule has 1 aliphatic carbocycles. The summed E-state index contributed by atoms with van der Waals surface area (Å²) in [5.74, 6) is 0.953. The lowest BCUT2D eigenvalue weighted by Crippen LogP contribution is -2.12. The summed E-state index contributed by atoms with van der Waals surface area (Å²) in [6, 6.07) is 6.96. The summed E-state index contributed by atoms with van der Waals surface area (Å²) in [6.45, 7) is 3.74. The van der Waals surface area contributed by atoms with E-state index in [1.165, 1.54) is 17.5 Å². The lowest BCUT2D eigenvalue weighted by molar-refractivity contribution is 0.294. The van der Waals surface area contributed by atoms with Crippen molar-refractivity contribution in [2.75, 3.05) is 7.05 Å². The summed E-state index contributed by atoms with van der Waals surface area (Å²) in [6.07, 6.45) is 7.18. The Bertz CT molecular complexity index is 606. The van der Waals surface area contributed by atoms with Gasteiger partial charge in [-0.25, -0.2) is 4.98 Å². The van der Waals surface area contributed by atoms with E-state index in [-0.39, 0.29) is 0 Å². The fourth-order valence-corrected chi connectivity index (χ4v) is 3.05. The lowest BCUT2D eigenvalue weighted by atomic mass is 10.1. The van der Waals surface area contributed by atoms with E-state index in [9.17, 15) is 0 Å². The van der Waals surface area contributed by atoms with Crippen LogP contribution in [0, 0.1) is 0 Å². The molecule has 2 aromatic rings. The van der Waals surface area contributed by atoms with Crippen molar-refractivity contribution in [3.8, 4) is 5.75 Å². The summed E-state index contributed by atoms with van der Waals surface area (Å²) in [5, 5.41) is 3.36. The average molecular weight is 285 g/mol. The minimum absolute atomic E-state index is 0.500. The number of ether oxygens (including phenoxy) is 1. The molecule has 0 amide bonds. The molecule has 4 nitrogen and oxygen atoms in total. The number of hydrogen-bond acceptors (Lipinski definition) is 3. The van der Waals surface area contributed by atoms with Gasteiger partial charge in [0.05, 0.1) is 18.2 Å². The summed E-state index contributed by atoms with van der Waals surface area (Å²) < 4.78 is 8.11. The summed E-state index contributed by atoms with van der Waals surface area (Å²) >= 11 is 0. The predicted octanol–water partition coefficient (Wildman–Crippen LogP) is 3.08. The topological polar surface area (TPSA) is 39.1 Å². The Hall–Kier alpha value is -1.81. The highest BCUT2D eigenvalue weighted by Crippen LogP contribution is 2.33. The zero-order chi connectivity index (χ0) is 14.7. The van der Waals surface area contributed by atoms with Crippen LogP contribution in [0.5, 0.6) is 5.75 Å². The Kier molecular flexibility index (Phi) is 4.25. The second-order valence-corrected chi connectivity index (χ2v) is 5.61. The van der Waals surface area contributed by atoms with E-state index in [4.69, 9.17) is 4.74 Å². The van der Waals surface area contributed by atoms with E-state index >= 15 is 0 Å². The molecule has 0 saturated heterocycles. The highest BCUT2D eigenvalue weighted by molar-refractivity contribution is 5.40. The molecule has 21 heavy (non-hydrogen) atoms. The van der Waals surface area contributed by atoms with Crippen LogP contribution in [-0.2, 0) is 19.6 Å². The van der Waals surface area contributed by atoms with Crippen LogP contribution in [-0.4, -0.2) is 16.6 Å². The number of aryl methyl sites for hydroxylation is 2. The van der Waals surface area contributed by atoms with E-state index < -0.39 is 0 Å². The first-order valence-corrected chi connectivity index (χ1v) is 7.73. The molecule has 0 bridgehead atoms. The smallest absolute Gasteiger partial charge is 0.130 e. The Labute approximate surface area is 126 Å². The van der Waals surface area contributed by atoms with Gasteiger partial charge in [-0.15, -0.1) is 0 Å². The molecule has 1 aromatic heterocycles. The molecule has 1 unspecified atom stereocenters. The largest absolute Gasteiger partial charge is 0.487 e. The maximum absolute atomic E-state index is 5.95. The van der Waals surface area contributed by atoms with Crippen molar-refractivity contribution in [3.05, 3.63) is 47.5 Å². The fraction of sp³-hybridized carbons (Fsp3) is 0.471. The van der Waals surface area contributed by atoms with Crippen LogP contribution < -0.4 is 10.1 Å². The normalized spacial score (nSPS) is 17.0. The van der Waals surface area contributed by atoms with Gasteiger partial charge >= 0.3 is 0 Å².